The van der Waals surface area contributed by atoms with E-state index in [1.54, 1.807) is 30.5 Å². The molecule has 0 fully saturated rings. The van der Waals surface area contributed by atoms with Gasteiger partial charge in [-0.3, -0.25) is 4.79 Å². The number of hydrogen-bond acceptors (Lipinski definition) is 4. The number of nitrogens with zero attached hydrogens (tertiary/aromatic N) is 2. The lowest BCUT2D eigenvalue weighted by Crippen LogP contribution is -1.99. The van der Waals surface area contributed by atoms with Gasteiger partial charge < -0.3 is 5.11 Å². The Morgan fingerprint density at radius 1 is 1.32 bits per heavy atom. The van der Waals surface area contributed by atoms with Gasteiger partial charge in [0.25, 0.3) is 0 Å². The Balaban J connectivity index is 2.16. The highest BCUT2D eigenvalue weighted by atomic mass is 32.2. The lowest BCUT2D eigenvalue weighted by atomic mass is 10.2. The van der Waals surface area contributed by atoms with Crippen LogP contribution in [0.1, 0.15) is 11.1 Å². The molecular formula is C14H10N2O2S. The summed E-state index contributed by atoms with van der Waals surface area (Å²) < 4.78 is 0. The van der Waals surface area contributed by atoms with Gasteiger partial charge in [-0.2, -0.15) is 5.26 Å². The van der Waals surface area contributed by atoms with E-state index >= 15 is 0 Å². The number of aliphatic carboxylic acids is 1. The maximum atomic E-state index is 10.6. The van der Waals surface area contributed by atoms with E-state index < -0.39 is 5.97 Å². The lowest BCUT2D eigenvalue weighted by molar-refractivity contribution is -0.136. The van der Waals surface area contributed by atoms with Gasteiger partial charge in [-0.25, -0.2) is 4.98 Å². The van der Waals surface area contributed by atoms with E-state index in [2.05, 4.69) is 11.1 Å². The molecule has 0 amide bonds. The molecule has 0 aliphatic carbocycles. The summed E-state index contributed by atoms with van der Waals surface area (Å²) in [6.45, 7) is 0. The van der Waals surface area contributed by atoms with Crippen LogP contribution in [0.4, 0.5) is 0 Å². The molecule has 2 aromatic rings. The highest BCUT2D eigenvalue weighted by molar-refractivity contribution is 7.99. The van der Waals surface area contributed by atoms with E-state index in [-0.39, 0.29) is 6.42 Å². The molecule has 19 heavy (non-hydrogen) atoms. The number of hydrogen-bond donors (Lipinski definition) is 1. The average molecular weight is 270 g/mol. The minimum atomic E-state index is -0.850. The van der Waals surface area contributed by atoms with Crippen LogP contribution >= 0.6 is 11.8 Å². The summed E-state index contributed by atoms with van der Waals surface area (Å²) in [5.41, 5.74) is 1.28. The first-order valence-electron chi connectivity index (χ1n) is 5.53. The topological polar surface area (TPSA) is 74.0 Å². The van der Waals surface area contributed by atoms with E-state index in [0.29, 0.717) is 10.6 Å². The van der Waals surface area contributed by atoms with Gasteiger partial charge in [0.1, 0.15) is 11.1 Å². The molecule has 0 spiro atoms. The van der Waals surface area contributed by atoms with Crippen molar-refractivity contribution in [3.63, 3.8) is 0 Å². The van der Waals surface area contributed by atoms with Gasteiger partial charge in [-0.05, 0) is 29.8 Å². The molecule has 1 heterocycles. The Morgan fingerprint density at radius 3 is 2.68 bits per heavy atom. The molecule has 1 aromatic heterocycles. The van der Waals surface area contributed by atoms with Crippen LogP contribution in [0.3, 0.4) is 0 Å². The summed E-state index contributed by atoms with van der Waals surface area (Å²) in [5, 5.41) is 18.3. The van der Waals surface area contributed by atoms with Gasteiger partial charge in [-0.15, -0.1) is 0 Å². The normalized spacial score (nSPS) is 9.84. The second kappa shape index (κ2) is 6.03. The maximum Gasteiger partial charge on any atom is 0.307 e. The molecule has 0 saturated heterocycles. The summed E-state index contributed by atoms with van der Waals surface area (Å²) in [5.74, 6) is -0.850. The molecule has 1 N–H and O–H groups in total. The van der Waals surface area contributed by atoms with Crippen molar-refractivity contribution in [2.45, 2.75) is 16.3 Å². The first-order chi connectivity index (χ1) is 9.19. The molecular weight excluding hydrogens is 260 g/mol. The molecule has 0 aliphatic heterocycles. The molecule has 2 rings (SSSR count). The molecule has 0 saturated carbocycles. The van der Waals surface area contributed by atoms with Gasteiger partial charge in [-0.1, -0.05) is 23.9 Å². The molecule has 0 aliphatic rings. The third kappa shape index (κ3) is 3.57. The van der Waals surface area contributed by atoms with Crippen LogP contribution in [0.2, 0.25) is 0 Å². The van der Waals surface area contributed by atoms with E-state index in [1.165, 1.54) is 11.8 Å². The van der Waals surface area contributed by atoms with Gasteiger partial charge in [0.2, 0.25) is 0 Å². The second-order valence-electron chi connectivity index (χ2n) is 3.78. The first-order valence-corrected chi connectivity index (χ1v) is 6.34. The Kier molecular flexibility index (Phi) is 4.16. The van der Waals surface area contributed by atoms with Gasteiger partial charge >= 0.3 is 5.97 Å². The zero-order chi connectivity index (χ0) is 13.7. The molecule has 0 atom stereocenters. The predicted octanol–water partition coefficient (Wildman–Crippen LogP) is 2.73. The summed E-state index contributed by atoms with van der Waals surface area (Å²) in [6, 6.07) is 12.7. The van der Waals surface area contributed by atoms with Crippen LogP contribution < -0.4 is 0 Å². The summed E-state index contributed by atoms with van der Waals surface area (Å²) in [4.78, 5) is 15.7. The van der Waals surface area contributed by atoms with Gasteiger partial charge in [0.05, 0.1) is 12.0 Å². The fraction of sp³-hybridized carbons (Fsp3) is 0.0714. The van der Waals surface area contributed by atoms with Crippen molar-refractivity contribution in [2.24, 2.45) is 0 Å². The van der Waals surface area contributed by atoms with Crippen molar-refractivity contribution >= 4 is 17.7 Å². The predicted molar refractivity (Wildman–Crippen MR) is 70.9 cm³/mol. The third-order valence-electron chi connectivity index (χ3n) is 2.38. The Bertz CT molecular complexity index is 633. The first kappa shape index (κ1) is 13.1. The molecule has 4 nitrogen and oxygen atoms in total. The maximum absolute atomic E-state index is 10.6. The number of carbonyl (C=O) groups is 1. The number of carboxylic acid groups (broad SMARTS) is 1. The second-order valence-corrected chi connectivity index (χ2v) is 4.85. The largest absolute Gasteiger partial charge is 0.481 e. The van der Waals surface area contributed by atoms with E-state index in [4.69, 9.17) is 10.4 Å². The Labute approximate surface area is 114 Å². The average Bonchev–Trinajstić information content (AvgIpc) is 2.41. The molecule has 0 unspecified atom stereocenters. The van der Waals surface area contributed by atoms with Crippen molar-refractivity contribution in [3.8, 4) is 6.07 Å². The van der Waals surface area contributed by atoms with Crippen molar-refractivity contribution in [3.05, 3.63) is 53.7 Å². The third-order valence-corrected chi connectivity index (χ3v) is 3.41. The van der Waals surface area contributed by atoms with Crippen molar-refractivity contribution < 1.29 is 9.90 Å². The van der Waals surface area contributed by atoms with E-state index in [9.17, 15) is 4.79 Å². The summed E-state index contributed by atoms with van der Waals surface area (Å²) in [6.07, 6.45) is 1.65. The molecule has 0 radical (unpaired) electrons. The highest BCUT2D eigenvalue weighted by Crippen LogP contribution is 2.28. The van der Waals surface area contributed by atoms with Crippen LogP contribution in [0.25, 0.3) is 0 Å². The fourth-order valence-electron chi connectivity index (χ4n) is 1.52. The van der Waals surface area contributed by atoms with Crippen molar-refractivity contribution in [1.82, 2.24) is 4.98 Å². The fourth-order valence-corrected chi connectivity index (χ4v) is 2.35. The molecule has 5 heteroatoms. The van der Waals surface area contributed by atoms with Crippen LogP contribution in [0.5, 0.6) is 0 Å². The van der Waals surface area contributed by atoms with Crippen LogP contribution in [-0.2, 0) is 11.2 Å². The lowest BCUT2D eigenvalue weighted by Gasteiger charge is -2.03. The smallest absolute Gasteiger partial charge is 0.307 e. The van der Waals surface area contributed by atoms with E-state index in [1.807, 2.05) is 12.1 Å². The quantitative estimate of drug-likeness (QED) is 0.924. The number of aromatic nitrogens is 1. The number of nitriles is 1. The Hall–Kier alpha value is -2.32. The van der Waals surface area contributed by atoms with Gasteiger partial charge in [0, 0.05) is 11.1 Å². The highest BCUT2D eigenvalue weighted by Gasteiger charge is 2.05. The summed E-state index contributed by atoms with van der Waals surface area (Å²) in [7, 11) is 0. The minimum Gasteiger partial charge on any atom is -0.481 e. The van der Waals surface area contributed by atoms with Crippen molar-refractivity contribution in [2.75, 3.05) is 0 Å². The SMILES string of the molecule is N#Cc1cccnc1Sc1ccc(CC(=O)O)cc1. The van der Waals surface area contributed by atoms with Crippen molar-refractivity contribution in [1.29, 1.82) is 5.26 Å². The standard InChI is InChI=1S/C14H10N2O2S/c15-9-11-2-1-7-16-14(11)19-12-5-3-10(4-6-12)8-13(17)18/h1-7H,8H2,(H,17,18). The Morgan fingerprint density at radius 2 is 2.05 bits per heavy atom. The number of pyridine rings is 1. The zero-order valence-electron chi connectivity index (χ0n) is 9.91. The molecule has 0 bridgehead atoms. The minimum absolute atomic E-state index is 0.0119. The monoisotopic (exact) mass is 270 g/mol. The van der Waals surface area contributed by atoms with Gasteiger partial charge in [0.15, 0.2) is 0 Å². The zero-order valence-corrected chi connectivity index (χ0v) is 10.7. The number of rotatable bonds is 4. The van der Waals surface area contributed by atoms with Crippen LogP contribution in [0, 0.1) is 11.3 Å². The molecule has 1 aromatic carbocycles. The van der Waals surface area contributed by atoms with Crippen LogP contribution in [0.15, 0.2) is 52.5 Å². The summed E-state index contributed by atoms with van der Waals surface area (Å²) >= 11 is 1.39. The van der Waals surface area contributed by atoms with Crippen LogP contribution in [-0.4, -0.2) is 16.1 Å². The van der Waals surface area contributed by atoms with E-state index in [0.717, 1.165) is 10.5 Å². The molecule has 94 valence electrons. The number of benzene rings is 1. The number of carboxylic acids is 1.